The molecule has 0 aromatic heterocycles. The van der Waals surface area contributed by atoms with Gasteiger partial charge in [0.2, 0.25) is 10.0 Å². The highest BCUT2D eigenvalue weighted by molar-refractivity contribution is 9.10. The second kappa shape index (κ2) is 11.0. The summed E-state index contributed by atoms with van der Waals surface area (Å²) in [4.78, 5) is 17.3. The Morgan fingerprint density at radius 1 is 1.26 bits per heavy atom. The van der Waals surface area contributed by atoms with Crippen LogP contribution in [-0.2, 0) is 25.6 Å². The van der Waals surface area contributed by atoms with Gasteiger partial charge in [0.25, 0.3) is 5.91 Å². The third kappa shape index (κ3) is 6.67. The number of benzene rings is 2. The SMILES string of the molecule is CNC(=O)C(=Nc1ccc(Br)cc1)c1cc(C2CC2)c(N(CCCS(C)=O)S(C)(=O)=O)cc1N. The lowest BCUT2D eigenvalue weighted by Gasteiger charge is -2.26. The Bertz CT molecular complexity index is 1230. The molecule has 1 aliphatic carbocycles. The standard InChI is InChI=1S/C23H29BrN4O4S2/c1-26-23(29)22(27-17-9-7-16(24)8-10-17)19-13-18(15-5-6-15)21(14-20(19)25)28(34(3,31)32)11-4-12-33(2)30/h7-10,13-15H,4-6,11-12,25H2,1-3H3,(H,26,29). The fourth-order valence-corrected chi connectivity index (χ4v) is 5.41. The fraction of sp³-hybridized carbons (Fsp3) is 0.391. The molecule has 0 saturated heterocycles. The summed E-state index contributed by atoms with van der Waals surface area (Å²) in [5.74, 6) is 0.186. The zero-order valence-electron chi connectivity index (χ0n) is 19.4. The normalized spacial score (nSPS) is 15.1. The van der Waals surface area contributed by atoms with Gasteiger partial charge in [-0.05, 0) is 67.1 Å². The topological polar surface area (TPSA) is 122 Å². The molecule has 11 heteroatoms. The largest absolute Gasteiger partial charge is 0.398 e. The van der Waals surface area contributed by atoms with E-state index < -0.39 is 26.7 Å². The molecular weight excluding hydrogens is 540 g/mol. The van der Waals surface area contributed by atoms with Crippen molar-refractivity contribution in [2.24, 2.45) is 4.99 Å². The van der Waals surface area contributed by atoms with E-state index in [0.29, 0.717) is 29.1 Å². The molecule has 3 rings (SSSR count). The molecule has 1 fully saturated rings. The highest BCUT2D eigenvalue weighted by Crippen LogP contribution is 2.46. The van der Waals surface area contributed by atoms with Crippen LogP contribution in [0.2, 0.25) is 0 Å². The molecular formula is C23H29BrN4O4S2. The Hall–Kier alpha value is -2.24. The summed E-state index contributed by atoms with van der Waals surface area (Å²) in [6.45, 7) is 0.201. The van der Waals surface area contributed by atoms with E-state index in [2.05, 4.69) is 26.2 Å². The van der Waals surface area contributed by atoms with Gasteiger partial charge in [-0.25, -0.2) is 13.4 Å². The van der Waals surface area contributed by atoms with Crippen molar-refractivity contribution in [1.82, 2.24) is 5.32 Å². The van der Waals surface area contributed by atoms with Crippen molar-refractivity contribution in [3.8, 4) is 0 Å². The second-order valence-corrected chi connectivity index (χ2v) is 12.6. The number of nitrogen functional groups attached to an aromatic ring is 1. The lowest BCUT2D eigenvalue weighted by Crippen LogP contribution is -2.33. The van der Waals surface area contributed by atoms with Crippen LogP contribution in [0.25, 0.3) is 0 Å². The predicted molar refractivity (Wildman–Crippen MR) is 143 cm³/mol. The predicted octanol–water partition coefficient (Wildman–Crippen LogP) is 3.31. The van der Waals surface area contributed by atoms with Crippen molar-refractivity contribution in [2.45, 2.75) is 25.2 Å². The van der Waals surface area contributed by atoms with Crippen molar-refractivity contribution in [2.75, 3.05) is 41.9 Å². The zero-order chi connectivity index (χ0) is 25.0. The van der Waals surface area contributed by atoms with Gasteiger partial charge in [-0.3, -0.25) is 13.3 Å². The molecule has 184 valence electrons. The van der Waals surface area contributed by atoms with Gasteiger partial charge in [0, 0.05) is 52.1 Å². The van der Waals surface area contributed by atoms with Gasteiger partial charge in [-0.1, -0.05) is 15.9 Å². The van der Waals surface area contributed by atoms with Crippen LogP contribution >= 0.6 is 15.9 Å². The first-order valence-corrected chi connectivity index (χ1v) is 15.2. The second-order valence-electron chi connectivity index (χ2n) is 8.25. The Morgan fingerprint density at radius 3 is 2.44 bits per heavy atom. The van der Waals surface area contributed by atoms with Crippen LogP contribution in [0.5, 0.6) is 0 Å². The van der Waals surface area contributed by atoms with Crippen LogP contribution in [0.15, 0.2) is 45.9 Å². The van der Waals surface area contributed by atoms with Gasteiger partial charge < -0.3 is 11.1 Å². The van der Waals surface area contributed by atoms with E-state index in [1.807, 2.05) is 12.1 Å². The molecule has 2 aromatic rings. The molecule has 0 radical (unpaired) electrons. The molecule has 3 N–H and O–H groups in total. The van der Waals surface area contributed by atoms with E-state index in [1.165, 1.54) is 11.4 Å². The number of hydrogen-bond acceptors (Lipinski definition) is 6. The van der Waals surface area contributed by atoms with Crippen LogP contribution in [0.3, 0.4) is 0 Å². The molecule has 0 bridgehead atoms. The van der Waals surface area contributed by atoms with Crippen molar-refractivity contribution in [3.05, 3.63) is 52.0 Å². The number of hydrogen-bond donors (Lipinski definition) is 2. The number of nitrogens with two attached hydrogens (primary N) is 1. The maximum absolute atomic E-state index is 12.8. The number of aliphatic imine (C=N–C) groups is 1. The molecule has 0 heterocycles. The van der Waals surface area contributed by atoms with E-state index in [9.17, 15) is 17.4 Å². The number of rotatable bonds is 10. The van der Waals surface area contributed by atoms with Crippen LogP contribution in [0.1, 0.15) is 36.3 Å². The first kappa shape index (κ1) is 26.4. The molecule has 1 aliphatic rings. The summed E-state index contributed by atoms with van der Waals surface area (Å²) in [7, 11) is -3.10. The molecule has 1 unspecified atom stereocenters. The Balaban J connectivity index is 2.12. The lowest BCUT2D eigenvalue weighted by atomic mass is 9.98. The number of nitrogens with zero attached hydrogens (tertiary/aromatic N) is 2. The number of halogens is 1. The third-order valence-electron chi connectivity index (χ3n) is 5.44. The van der Waals surface area contributed by atoms with E-state index >= 15 is 0 Å². The maximum Gasteiger partial charge on any atom is 0.270 e. The minimum absolute atomic E-state index is 0.156. The van der Waals surface area contributed by atoms with E-state index in [0.717, 1.165) is 29.1 Å². The molecule has 8 nitrogen and oxygen atoms in total. The third-order valence-corrected chi connectivity index (χ3v) is 8.02. The van der Waals surface area contributed by atoms with Gasteiger partial charge in [0.05, 0.1) is 17.6 Å². The molecule has 1 saturated carbocycles. The van der Waals surface area contributed by atoms with Crippen LogP contribution in [0.4, 0.5) is 17.1 Å². The monoisotopic (exact) mass is 568 g/mol. The molecule has 1 amide bonds. The summed E-state index contributed by atoms with van der Waals surface area (Å²) < 4.78 is 39.1. The van der Waals surface area contributed by atoms with Crippen molar-refractivity contribution < 1.29 is 17.4 Å². The van der Waals surface area contributed by atoms with Crippen LogP contribution in [-0.4, -0.2) is 56.1 Å². The number of carbonyl (C=O) groups excluding carboxylic acids is 1. The number of carbonyl (C=O) groups is 1. The Kier molecular flexibility index (Phi) is 8.53. The molecule has 1 atom stereocenters. The number of likely N-dealkylation sites (N-methyl/N-ethyl adjacent to an activating group) is 1. The highest BCUT2D eigenvalue weighted by atomic mass is 79.9. The van der Waals surface area contributed by atoms with E-state index in [4.69, 9.17) is 5.73 Å². The molecule has 0 spiro atoms. The van der Waals surface area contributed by atoms with Gasteiger partial charge in [-0.15, -0.1) is 0 Å². The highest BCUT2D eigenvalue weighted by Gasteiger charge is 2.32. The Morgan fingerprint density at radius 2 is 1.91 bits per heavy atom. The summed E-state index contributed by atoms with van der Waals surface area (Å²) in [6, 6.07) is 10.6. The molecule has 2 aromatic carbocycles. The molecule has 34 heavy (non-hydrogen) atoms. The summed E-state index contributed by atoms with van der Waals surface area (Å²) in [5, 5.41) is 2.62. The number of nitrogens with one attached hydrogen (secondary N) is 1. The average molecular weight is 570 g/mol. The first-order chi connectivity index (χ1) is 16.0. The number of anilines is 2. The number of sulfonamides is 1. The van der Waals surface area contributed by atoms with Crippen molar-refractivity contribution in [1.29, 1.82) is 0 Å². The van der Waals surface area contributed by atoms with E-state index in [-0.39, 0.29) is 23.9 Å². The zero-order valence-corrected chi connectivity index (χ0v) is 22.6. The summed E-state index contributed by atoms with van der Waals surface area (Å²) in [5.41, 5.74) is 9.18. The Labute approximate surface area is 211 Å². The van der Waals surface area contributed by atoms with Crippen molar-refractivity contribution >= 4 is 65.4 Å². The van der Waals surface area contributed by atoms with Gasteiger partial charge in [0.15, 0.2) is 0 Å². The van der Waals surface area contributed by atoms with Crippen LogP contribution < -0.4 is 15.4 Å². The first-order valence-electron chi connectivity index (χ1n) is 10.8. The molecule has 0 aliphatic heterocycles. The minimum atomic E-state index is -3.60. The lowest BCUT2D eigenvalue weighted by molar-refractivity contribution is -0.114. The van der Waals surface area contributed by atoms with E-state index in [1.54, 1.807) is 30.5 Å². The smallest absolute Gasteiger partial charge is 0.270 e. The van der Waals surface area contributed by atoms with Crippen molar-refractivity contribution in [3.63, 3.8) is 0 Å². The van der Waals surface area contributed by atoms with Gasteiger partial charge in [-0.2, -0.15) is 0 Å². The number of amides is 1. The average Bonchev–Trinajstić information content (AvgIpc) is 3.60. The maximum atomic E-state index is 12.8. The summed E-state index contributed by atoms with van der Waals surface area (Å²) in [6.07, 6.45) is 5.05. The minimum Gasteiger partial charge on any atom is -0.398 e. The fourth-order valence-electron chi connectivity index (χ4n) is 3.64. The van der Waals surface area contributed by atoms with Crippen LogP contribution in [0, 0.1) is 0 Å². The quantitative estimate of drug-likeness (QED) is 0.336. The summed E-state index contributed by atoms with van der Waals surface area (Å²) >= 11 is 3.39. The van der Waals surface area contributed by atoms with Gasteiger partial charge >= 0.3 is 0 Å². The van der Waals surface area contributed by atoms with Gasteiger partial charge in [0.1, 0.15) is 5.71 Å².